The molecule has 2 saturated heterocycles. The molecule has 1 spiro atoms. The first-order valence-corrected chi connectivity index (χ1v) is 11.8. The summed E-state index contributed by atoms with van der Waals surface area (Å²) in [5, 5.41) is 0.549. The molecule has 3 aromatic carbocycles. The number of anilines is 1. The number of hydrogen-bond donors (Lipinski definition) is 0. The summed E-state index contributed by atoms with van der Waals surface area (Å²) in [6, 6.07) is 17.6. The standard InChI is InChI=1S/C27H17Cl2NO5/c1-13-6-8-14(9-7-13)22-20-21(26(34)35-25(20)33)27(30(22)19-11-10-15(28)12-18(19)29)23(31)16-4-2-3-5-17(16)24(27)32/h2-12,20-22H,1H3. The minimum atomic E-state index is -2.02. The van der Waals surface area contributed by atoms with Crippen LogP contribution in [0.25, 0.3) is 0 Å². The monoisotopic (exact) mass is 505 g/mol. The van der Waals surface area contributed by atoms with Crippen LogP contribution in [0.1, 0.15) is 37.9 Å². The zero-order valence-corrected chi connectivity index (χ0v) is 19.8. The van der Waals surface area contributed by atoms with Gasteiger partial charge in [0.05, 0.1) is 22.7 Å². The molecule has 2 aliphatic heterocycles. The molecule has 3 unspecified atom stereocenters. The number of aryl methyl sites for hydroxylation is 1. The van der Waals surface area contributed by atoms with Gasteiger partial charge in [0, 0.05) is 16.1 Å². The third-order valence-corrected chi connectivity index (χ3v) is 7.77. The largest absolute Gasteiger partial charge is 0.393 e. The molecule has 2 fully saturated rings. The summed E-state index contributed by atoms with van der Waals surface area (Å²) in [6.45, 7) is 1.92. The summed E-state index contributed by atoms with van der Waals surface area (Å²) in [6.07, 6.45) is 0. The Bertz CT molecular complexity index is 1430. The van der Waals surface area contributed by atoms with Crippen molar-refractivity contribution >= 4 is 52.4 Å². The molecule has 8 heteroatoms. The van der Waals surface area contributed by atoms with E-state index in [-0.39, 0.29) is 16.1 Å². The third kappa shape index (κ3) is 2.78. The summed E-state index contributed by atoms with van der Waals surface area (Å²) in [7, 11) is 0. The van der Waals surface area contributed by atoms with E-state index in [0.717, 1.165) is 5.56 Å². The van der Waals surface area contributed by atoms with Gasteiger partial charge in [-0.05, 0) is 30.7 Å². The Morgan fingerprint density at radius 3 is 2.06 bits per heavy atom. The first-order valence-electron chi connectivity index (χ1n) is 11.0. The maximum atomic E-state index is 14.2. The highest BCUT2D eigenvalue weighted by Gasteiger charge is 2.76. The van der Waals surface area contributed by atoms with Crippen LogP contribution in [0.2, 0.25) is 10.0 Å². The van der Waals surface area contributed by atoms with Gasteiger partial charge in [0.1, 0.15) is 5.92 Å². The second-order valence-electron chi connectivity index (χ2n) is 9.04. The highest BCUT2D eigenvalue weighted by Crippen LogP contribution is 2.60. The molecule has 3 aromatic rings. The molecule has 1 aliphatic carbocycles. The fourth-order valence-electron chi connectivity index (χ4n) is 5.82. The van der Waals surface area contributed by atoms with Crippen LogP contribution in [0.4, 0.5) is 5.69 Å². The number of ketones is 2. The number of cyclic esters (lactones) is 2. The van der Waals surface area contributed by atoms with Crippen molar-refractivity contribution in [3.05, 3.63) is 99.0 Å². The molecule has 0 saturated carbocycles. The van der Waals surface area contributed by atoms with E-state index in [0.29, 0.717) is 16.3 Å². The molecular weight excluding hydrogens is 489 g/mol. The van der Waals surface area contributed by atoms with Crippen molar-refractivity contribution in [3.63, 3.8) is 0 Å². The van der Waals surface area contributed by atoms with Crippen molar-refractivity contribution in [1.29, 1.82) is 0 Å². The SMILES string of the molecule is Cc1ccc(C2C3C(=O)OC(=O)C3C3(C(=O)c4ccccc4C3=O)N2c2ccc(Cl)cc2Cl)cc1. The number of esters is 2. The Hall–Kier alpha value is -3.48. The van der Waals surface area contributed by atoms with Crippen molar-refractivity contribution in [3.8, 4) is 0 Å². The minimum absolute atomic E-state index is 0.186. The van der Waals surface area contributed by atoms with Crippen LogP contribution < -0.4 is 4.90 Å². The fourth-order valence-corrected chi connectivity index (χ4v) is 6.31. The summed E-state index contributed by atoms with van der Waals surface area (Å²) in [4.78, 5) is 56.2. The molecule has 0 bridgehead atoms. The van der Waals surface area contributed by atoms with E-state index in [9.17, 15) is 19.2 Å². The van der Waals surface area contributed by atoms with Gasteiger partial charge in [0.25, 0.3) is 0 Å². The zero-order chi connectivity index (χ0) is 24.6. The second-order valence-corrected chi connectivity index (χ2v) is 9.88. The smallest absolute Gasteiger partial charge is 0.320 e. The molecule has 3 aliphatic rings. The topological polar surface area (TPSA) is 80.8 Å². The lowest BCUT2D eigenvalue weighted by Gasteiger charge is -2.40. The Kier molecular flexibility index (Phi) is 4.72. The van der Waals surface area contributed by atoms with E-state index in [2.05, 4.69) is 0 Å². The van der Waals surface area contributed by atoms with Gasteiger partial charge in [0.2, 0.25) is 0 Å². The molecule has 3 atom stereocenters. The summed E-state index contributed by atoms with van der Waals surface area (Å²) < 4.78 is 5.06. The maximum absolute atomic E-state index is 14.2. The molecule has 2 heterocycles. The normalized spacial score (nSPS) is 24.2. The summed E-state index contributed by atoms with van der Waals surface area (Å²) in [5.74, 6) is -5.19. The number of carbonyl (C=O) groups excluding carboxylic acids is 4. The minimum Gasteiger partial charge on any atom is -0.393 e. The Balaban J connectivity index is 1.70. The first kappa shape index (κ1) is 22.0. The van der Waals surface area contributed by atoms with E-state index in [1.54, 1.807) is 41.3 Å². The summed E-state index contributed by atoms with van der Waals surface area (Å²) >= 11 is 12.8. The number of Topliss-reactive ketones (excluding diaryl/α,β-unsaturated/α-hetero) is 2. The van der Waals surface area contributed by atoms with Crippen LogP contribution in [-0.4, -0.2) is 29.0 Å². The first-order chi connectivity index (χ1) is 16.8. The van der Waals surface area contributed by atoms with Crippen LogP contribution in [0.5, 0.6) is 0 Å². The van der Waals surface area contributed by atoms with Gasteiger partial charge >= 0.3 is 11.9 Å². The van der Waals surface area contributed by atoms with Gasteiger partial charge in [-0.25, -0.2) is 0 Å². The van der Waals surface area contributed by atoms with E-state index in [1.165, 1.54) is 6.07 Å². The number of fused-ring (bicyclic) bond motifs is 3. The lowest BCUT2D eigenvalue weighted by molar-refractivity contribution is -0.154. The number of hydrogen-bond acceptors (Lipinski definition) is 6. The number of nitrogens with zero attached hydrogens (tertiary/aromatic N) is 1. The van der Waals surface area contributed by atoms with Crippen molar-refractivity contribution < 1.29 is 23.9 Å². The van der Waals surface area contributed by atoms with Gasteiger partial charge in [-0.2, -0.15) is 0 Å². The predicted molar refractivity (Wildman–Crippen MR) is 129 cm³/mol. The Morgan fingerprint density at radius 1 is 0.829 bits per heavy atom. The van der Waals surface area contributed by atoms with E-state index < -0.39 is 46.9 Å². The number of rotatable bonds is 2. The van der Waals surface area contributed by atoms with Crippen molar-refractivity contribution in [1.82, 2.24) is 0 Å². The van der Waals surface area contributed by atoms with Crippen LogP contribution in [0, 0.1) is 18.8 Å². The van der Waals surface area contributed by atoms with Gasteiger partial charge in [-0.15, -0.1) is 0 Å². The summed E-state index contributed by atoms with van der Waals surface area (Å²) in [5.41, 5.74) is 0.332. The van der Waals surface area contributed by atoms with Gasteiger partial charge < -0.3 is 9.64 Å². The lowest BCUT2D eigenvalue weighted by Crippen LogP contribution is -2.59. The Labute approximate surface area is 210 Å². The lowest BCUT2D eigenvalue weighted by atomic mass is 9.76. The average molecular weight is 506 g/mol. The molecule has 174 valence electrons. The van der Waals surface area contributed by atoms with Crippen LogP contribution in [0.15, 0.2) is 66.7 Å². The Morgan fingerprint density at radius 2 is 1.46 bits per heavy atom. The average Bonchev–Trinajstić information content (AvgIpc) is 3.39. The van der Waals surface area contributed by atoms with E-state index >= 15 is 0 Å². The molecule has 0 N–H and O–H groups in total. The quantitative estimate of drug-likeness (QED) is 0.360. The zero-order valence-electron chi connectivity index (χ0n) is 18.3. The van der Waals surface area contributed by atoms with Crippen molar-refractivity contribution in [2.45, 2.75) is 18.5 Å². The van der Waals surface area contributed by atoms with Crippen LogP contribution >= 0.6 is 23.2 Å². The highest BCUT2D eigenvalue weighted by molar-refractivity contribution is 6.39. The number of benzene rings is 3. The van der Waals surface area contributed by atoms with E-state index in [4.69, 9.17) is 27.9 Å². The molecule has 6 nitrogen and oxygen atoms in total. The molecule has 6 rings (SSSR count). The van der Waals surface area contributed by atoms with Gasteiger partial charge in [-0.1, -0.05) is 77.3 Å². The van der Waals surface area contributed by atoms with Gasteiger partial charge in [-0.3, -0.25) is 19.2 Å². The van der Waals surface area contributed by atoms with Gasteiger partial charge in [0.15, 0.2) is 17.1 Å². The van der Waals surface area contributed by atoms with Crippen LogP contribution in [0.3, 0.4) is 0 Å². The highest BCUT2D eigenvalue weighted by atomic mass is 35.5. The number of ether oxygens (including phenoxy) is 1. The second kappa shape index (κ2) is 7.51. The maximum Gasteiger partial charge on any atom is 0.320 e. The predicted octanol–water partition coefficient (Wildman–Crippen LogP) is 5.00. The molecule has 0 amide bonds. The van der Waals surface area contributed by atoms with E-state index in [1.807, 2.05) is 31.2 Å². The number of halogens is 2. The molecule has 0 radical (unpaired) electrons. The molecule has 0 aromatic heterocycles. The van der Waals surface area contributed by atoms with Crippen LogP contribution in [-0.2, 0) is 14.3 Å². The van der Waals surface area contributed by atoms with Crippen molar-refractivity contribution in [2.75, 3.05) is 4.90 Å². The number of carbonyl (C=O) groups is 4. The third-order valence-electron chi connectivity index (χ3n) is 7.23. The molecule has 35 heavy (non-hydrogen) atoms. The fraction of sp³-hybridized carbons (Fsp3) is 0.185. The molecular formula is C27H17Cl2NO5. The van der Waals surface area contributed by atoms with Crippen molar-refractivity contribution in [2.24, 2.45) is 11.8 Å².